The zero-order chi connectivity index (χ0) is 19.6. The van der Waals surface area contributed by atoms with E-state index < -0.39 is 0 Å². The molecule has 3 rings (SSSR count). The number of halogens is 2. The number of benzene rings is 1. The molecular formula is C21H22Cl2N4. The summed E-state index contributed by atoms with van der Waals surface area (Å²) in [4.78, 5) is 14.3. The highest BCUT2D eigenvalue weighted by molar-refractivity contribution is 6.36. The number of rotatable bonds is 5. The molecule has 1 N–H and O–H groups in total. The first-order valence-corrected chi connectivity index (χ1v) is 9.74. The second-order valence-electron chi connectivity index (χ2n) is 6.44. The van der Waals surface area contributed by atoms with Crippen molar-refractivity contribution in [1.82, 2.24) is 15.0 Å². The normalized spacial score (nSPS) is 10.9. The first-order chi connectivity index (χ1) is 12.9. The lowest BCUT2D eigenvalue weighted by molar-refractivity contribution is 0.947. The summed E-state index contributed by atoms with van der Waals surface area (Å²) in [5, 5.41) is 4.52. The van der Waals surface area contributed by atoms with E-state index in [-0.39, 0.29) is 0 Å². The van der Waals surface area contributed by atoms with E-state index in [4.69, 9.17) is 33.2 Å². The van der Waals surface area contributed by atoms with E-state index in [1.54, 1.807) is 6.07 Å². The van der Waals surface area contributed by atoms with E-state index in [1.807, 2.05) is 31.2 Å². The molecule has 0 atom stereocenters. The number of anilines is 2. The molecule has 0 fully saturated rings. The first-order valence-electron chi connectivity index (χ1n) is 8.98. The Morgan fingerprint density at radius 1 is 0.889 bits per heavy atom. The highest BCUT2D eigenvalue weighted by Gasteiger charge is 2.16. The number of hydrogen-bond acceptors (Lipinski definition) is 4. The van der Waals surface area contributed by atoms with E-state index in [1.165, 1.54) is 0 Å². The Hall–Kier alpha value is -2.17. The van der Waals surface area contributed by atoms with Crippen LogP contribution in [-0.4, -0.2) is 15.0 Å². The second-order valence-corrected chi connectivity index (χ2v) is 7.29. The van der Waals surface area contributed by atoms with Gasteiger partial charge in [0.25, 0.3) is 0 Å². The maximum Gasteiger partial charge on any atom is 0.153 e. The molecule has 140 valence electrons. The molecule has 27 heavy (non-hydrogen) atoms. The van der Waals surface area contributed by atoms with Gasteiger partial charge in [-0.05, 0) is 62.6 Å². The van der Waals surface area contributed by atoms with E-state index in [9.17, 15) is 0 Å². The highest BCUT2D eigenvalue weighted by atomic mass is 35.5. The van der Waals surface area contributed by atoms with Gasteiger partial charge in [-0.2, -0.15) is 0 Å². The van der Waals surface area contributed by atoms with E-state index in [2.05, 4.69) is 31.1 Å². The predicted octanol–water partition coefficient (Wildman–Crippen LogP) is 6.33. The molecule has 0 radical (unpaired) electrons. The molecule has 0 unspecified atom stereocenters. The zero-order valence-electron chi connectivity index (χ0n) is 15.9. The van der Waals surface area contributed by atoms with Crippen LogP contribution in [0.3, 0.4) is 0 Å². The van der Waals surface area contributed by atoms with Crippen molar-refractivity contribution in [3.8, 4) is 11.3 Å². The molecule has 2 aromatic heterocycles. The van der Waals surface area contributed by atoms with E-state index in [0.717, 1.165) is 58.4 Å². The maximum absolute atomic E-state index is 6.42. The van der Waals surface area contributed by atoms with Gasteiger partial charge in [0.1, 0.15) is 5.82 Å². The van der Waals surface area contributed by atoms with Gasteiger partial charge in [0.05, 0.1) is 22.1 Å². The summed E-state index contributed by atoms with van der Waals surface area (Å²) in [5.74, 6) is 1.51. The molecule has 2 heterocycles. The van der Waals surface area contributed by atoms with Crippen LogP contribution in [0.25, 0.3) is 11.3 Å². The van der Waals surface area contributed by atoms with E-state index in [0.29, 0.717) is 10.0 Å². The van der Waals surface area contributed by atoms with Crippen molar-refractivity contribution in [3.05, 3.63) is 63.0 Å². The molecule has 3 aromatic rings. The molecular weight excluding hydrogens is 379 g/mol. The highest BCUT2D eigenvalue weighted by Crippen LogP contribution is 2.33. The lowest BCUT2D eigenvalue weighted by Gasteiger charge is -2.15. The van der Waals surface area contributed by atoms with Gasteiger partial charge in [-0.25, -0.2) is 15.0 Å². The quantitative estimate of drug-likeness (QED) is 0.543. The van der Waals surface area contributed by atoms with Crippen LogP contribution in [-0.2, 0) is 12.8 Å². The molecule has 0 amide bonds. The average molecular weight is 401 g/mol. The van der Waals surface area contributed by atoms with Crippen molar-refractivity contribution >= 4 is 34.8 Å². The van der Waals surface area contributed by atoms with Gasteiger partial charge in [-0.3, -0.25) is 0 Å². The Balaban J connectivity index is 2.09. The maximum atomic E-state index is 6.42. The van der Waals surface area contributed by atoms with Gasteiger partial charge in [0, 0.05) is 16.3 Å². The van der Waals surface area contributed by atoms with Gasteiger partial charge in [-0.1, -0.05) is 37.0 Å². The van der Waals surface area contributed by atoms with Crippen molar-refractivity contribution in [2.45, 2.75) is 40.5 Å². The summed E-state index contributed by atoms with van der Waals surface area (Å²) in [7, 11) is 0. The fourth-order valence-electron chi connectivity index (χ4n) is 3.02. The standard InChI is InChI=1S/C21H22Cl2N4/c1-5-17-20(15-8-7-14(22)11-16(15)23)25-18(6-2)21(26-17)27-19-10-12(3)9-13(4)24-19/h7-11H,5-6H2,1-4H3,(H,24,26,27). The van der Waals surface area contributed by atoms with Crippen LogP contribution in [0.4, 0.5) is 11.6 Å². The predicted molar refractivity (Wildman–Crippen MR) is 113 cm³/mol. The molecule has 6 heteroatoms. The van der Waals surface area contributed by atoms with Gasteiger partial charge < -0.3 is 5.32 Å². The summed E-state index contributed by atoms with van der Waals surface area (Å²) in [5.41, 5.74) is 5.50. The Bertz CT molecular complexity index is 966. The third-order valence-electron chi connectivity index (χ3n) is 4.24. The van der Waals surface area contributed by atoms with Gasteiger partial charge in [0.2, 0.25) is 0 Å². The molecule has 0 saturated carbocycles. The third kappa shape index (κ3) is 4.40. The smallest absolute Gasteiger partial charge is 0.153 e. The summed E-state index contributed by atoms with van der Waals surface area (Å²) in [6.45, 7) is 8.15. The Morgan fingerprint density at radius 2 is 1.63 bits per heavy atom. The molecule has 0 aliphatic heterocycles. The second kappa shape index (κ2) is 8.24. The minimum Gasteiger partial charge on any atom is -0.323 e. The van der Waals surface area contributed by atoms with Gasteiger partial charge in [0.15, 0.2) is 5.82 Å². The van der Waals surface area contributed by atoms with Crippen molar-refractivity contribution < 1.29 is 0 Å². The van der Waals surface area contributed by atoms with Crippen LogP contribution in [0.1, 0.15) is 36.5 Å². The monoisotopic (exact) mass is 400 g/mol. The third-order valence-corrected chi connectivity index (χ3v) is 4.79. The van der Waals surface area contributed by atoms with Crippen molar-refractivity contribution in [2.24, 2.45) is 0 Å². The van der Waals surface area contributed by atoms with Crippen LogP contribution in [0, 0.1) is 13.8 Å². The largest absolute Gasteiger partial charge is 0.323 e. The molecule has 0 aliphatic rings. The molecule has 4 nitrogen and oxygen atoms in total. The lowest BCUT2D eigenvalue weighted by atomic mass is 10.1. The average Bonchev–Trinajstić information content (AvgIpc) is 2.61. The molecule has 1 aromatic carbocycles. The fraction of sp³-hybridized carbons (Fsp3) is 0.286. The first kappa shape index (κ1) is 19.6. The SMILES string of the molecule is CCc1nc(-c2ccc(Cl)cc2Cl)c(CC)nc1Nc1cc(C)cc(C)n1. The number of nitrogens with zero attached hydrogens (tertiary/aromatic N) is 3. The van der Waals surface area contributed by atoms with Crippen LogP contribution in [0.5, 0.6) is 0 Å². The van der Waals surface area contributed by atoms with Crippen LogP contribution in [0.15, 0.2) is 30.3 Å². The number of aromatic nitrogens is 3. The van der Waals surface area contributed by atoms with Crippen molar-refractivity contribution in [3.63, 3.8) is 0 Å². The Morgan fingerprint density at radius 3 is 2.26 bits per heavy atom. The molecule has 0 spiro atoms. The number of hydrogen-bond donors (Lipinski definition) is 1. The lowest BCUT2D eigenvalue weighted by Crippen LogP contribution is -2.08. The van der Waals surface area contributed by atoms with Gasteiger partial charge in [-0.15, -0.1) is 0 Å². The summed E-state index contributed by atoms with van der Waals surface area (Å²) in [6.07, 6.45) is 1.47. The topological polar surface area (TPSA) is 50.7 Å². The molecule has 0 aliphatic carbocycles. The minimum atomic E-state index is 0.574. The van der Waals surface area contributed by atoms with Crippen molar-refractivity contribution in [2.75, 3.05) is 5.32 Å². The zero-order valence-corrected chi connectivity index (χ0v) is 17.4. The summed E-state index contributed by atoms with van der Waals surface area (Å²) < 4.78 is 0. The van der Waals surface area contributed by atoms with Crippen LogP contribution >= 0.6 is 23.2 Å². The fourth-order valence-corrected chi connectivity index (χ4v) is 3.52. The Labute approximate surface area is 170 Å². The van der Waals surface area contributed by atoms with Crippen molar-refractivity contribution in [1.29, 1.82) is 0 Å². The summed E-state index contributed by atoms with van der Waals surface area (Å²) in [6, 6.07) is 9.49. The number of pyridine rings is 1. The molecule has 0 bridgehead atoms. The van der Waals surface area contributed by atoms with Crippen LogP contribution < -0.4 is 5.32 Å². The number of nitrogens with one attached hydrogen (secondary N) is 1. The summed E-state index contributed by atoms with van der Waals surface area (Å²) >= 11 is 12.5. The molecule has 0 saturated heterocycles. The van der Waals surface area contributed by atoms with Crippen LogP contribution in [0.2, 0.25) is 10.0 Å². The minimum absolute atomic E-state index is 0.574. The Kier molecular flexibility index (Phi) is 5.98. The van der Waals surface area contributed by atoms with Gasteiger partial charge >= 0.3 is 0 Å². The van der Waals surface area contributed by atoms with E-state index >= 15 is 0 Å². The number of aryl methyl sites for hydroxylation is 4.